The van der Waals surface area contributed by atoms with Gasteiger partial charge in [0.05, 0.1) is 20.6 Å². The molecule has 0 atom stereocenters. The Hall–Kier alpha value is 0.940. The Morgan fingerprint density at radius 2 is 1.90 bits per heavy atom. The van der Waals surface area contributed by atoms with E-state index in [1.54, 1.807) is 0 Å². The van der Waals surface area contributed by atoms with Crippen molar-refractivity contribution in [3.05, 3.63) is 0 Å². The molecule has 0 aliphatic rings. The quantitative estimate of drug-likeness (QED) is 0.269. The van der Waals surface area contributed by atoms with Crippen molar-refractivity contribution in [2.75, 3.05) is 31.8 Å². The predicted molar refractivity (Wildman–Crippen MR) is 47.6 cm³/mol. The molecule has 0 bridgehead atoms. The van der Waals surface area contributed by atoms with Crippen LogP contribution in [0.5, 0.6) is 0 Å². The molecule has 0 spiro atoms. The normalized spacial score (nSPS) is 10.8. The summed E-state index contributed by atoms with van der Waals surface area (Å²) in [6, 6.07) is 0. The molecule has 0 amide bonds. The largest absolute Gasteiger partial charge is 1.00 e. The second-order valence-corrected chi connectivity index (χ2v) is 3.54. The van der Waals surface area contributed by atoms with Crippen LogP contribution >= 0.6 is 22.6 Å². The zero-order valence-electron chi connectivity index (χ0n) is 6.48. The molecule has 0 fully saturated rings. The van der Waals surface area contributed by atoms with Crippen LogP contribution in [0, 0.1) is 0 Å². The summed E-state index contributed by atoms with van der Waals surface area (Å²) in [6.45, 7) is 1.39. The van der Waals surface area contributed by atoms with Gasteiger partial charge in [-0.3, -0.25) is 0 Å². The monoisotopic (exact) mass is 279 g/mol. The van der Waals surface area contributed by atoms with Crippen molar-refractivity contribution in [3.8, 4) is 0 Å². The highest BCUT2D eigenvalue weighted by atomic mass is 127. The van der Waals surface area contributed by atoms with Gasteiger partial charge in [-0.05, 0) is 22.6 Å². The van der Waals surface area contributed by atoms with E-state index >= 15 is 0 Å². The van der Waals surface area contributed by atoms with Crippen molar-refractivity contribution in [1.29, 1.82) is 0 Å². The van der Waals surface area contributed by atoms with Gasteiger partial charge in [0.15, 0.2) is 0 Å². The molecular formula is C6H15ClINO. The Morgan fingerprint density at radius 3 is 2.20 bits per heavy atom. The van der Waals surface area contributed by atoms with E-state index in [1.807, 2.05) is 0 Å². The van der Waals surface area contributed by atoms with E-state index in [-0.39, 0.29) is 12.4 Å². The number of hydrogen-bond donors (Lipinski definition) is 1. The van der Waals surface area contributed by atoms with Gasteiger partial charge in [-0.15, -0.1) is 0 Å². The number of rotatable bonds is 4. The molecule has 0 rings (SSSR count). The number of aliphatic hydroxyl groups is 1. The molecule has 0 unspecified atom stereocenters. The van der Waals surface area contributed by atoms with Crippen LogP contribution in [0.3, 0.4) is 0 Å². The minimum absolute atomic E-state index is 0. The molecule has 0 aliphatic heterocycles. The van der Waals surface area contributed by atoms with E-state index in [4.69, 9.17) is 5.11 Å². The Kier molecular flexibility index (Phi) is 8.98. The van der Waals surface area contributed by atoms with Crippen LogP contribution in [0.15, 0.2) is 0 Å². The standard InChI is InChI=1S/C6H15INO.ClH/c1-8(2,6-7)4-3-5-9;/h9H,3-6H2,1-2H3;1H/q+1;/p-1. The highest BCUT2D eigenvalue weighted by Crippen LogP contribution is 2.01. The third kappa shape index (κ3) is 7.05. The molecule has 10 heavy (non-hydrogen) atoms. The zero-order chi connectivity index (χ0) is 7.33. The molecule has 2 nitrogen and oxygen atoms in total. The van der Waals surface area contributed by atoms with Crippen LogP contribution in [0.1, 0.15) is 6.42 Å². The number of alkyl halides is 1. The molecule has 0 aromatic rings. The Balaban J connectivity index is 0. The summed E-state index contributed by atoms with van der Waals surface area (Å²) >= 11 is 2.36. The first-order valence-corrected chi connectivity index (χ1v) is 4.64. The van der Waals surface area contributed by atoms with Crippen LogP contribution in [0.2, 0.25) is 0 Å². The van der Waals surface area contributed by atoms with Gasteiger partial charge in [0.25, 0.3) is 0 Å². The maximum Gasteiger partial charge on any atom is 0.129 e. The van der Waals surface area contributed by atoms with Crippen molar-refractivity contribution in [2.45, 2.75) is 6.42 Å². The van der Waals surface area contributed by atoms with Crippen LogP contribution in [-0.2, 0) is 0 Å². The maximum absolute atomic E-state index is 8.51. The molecule has 64 valence electrons. The predicted octanol–water partition coefficient (Wildman–Crippen LogP) is -2.16. The van der Waals surface area contributed by atoms with Gasteiger partial charge in [-0.2, -0.15) is 0 Å². The summed E-state index contributed by atoms with van der Waals surface area (Å²) in [5.74, 6) is 0. The topological polar surface area (TPSA) is 20.2 Å². The summed E-state index contributed by atoms with van der Waals surface area (Å²) in [5.41, 5.74) is 0. The van der Waals surface area contributed by atoms with Crippen molar-refractivity contribution in [1.82, 2.24) is 0 Å². The summed E-state index contributed by atoms with van der Waals surface area (Å²) in [7, 11) is 4.34. The van der Waals surface area contributed by atoms with Gasteiger partial charge in [0, 0.05) is 13.0 Å². The average Bonchev–Trinajstić information content (AvgIpc) is 1.84. The summed E-state index contributed by atoms with van der Waals surface area (Å²) in [5, 5.41) is 8.51. The fourth-order valence-corrected chi connectivity index (χ4v) is 0.900. The first-order chi connectivity index (χ1) is 4.12. The van der Waals surface area contributed by atoms with Gasteiger partial charge >= 0.3 is 0 Å². The van der Waals surface area contributed by atoms with Crippen molar-refractivity contribution in [3.63, 3.8) is 0 Å². The van der Waals surface area contributed by atoms with E-state index < -0.39 is 0 Å². The fourth-order valence-electron chi connectivity index (χ4n) is 0.559. The third-order valence-electron chi connectivity index (χ3n) is 1.25. The second-order valence-electron chi connectivity index (χ2n) is 2.86. The molecule has 0 heterocycles. The first kappa shape index (κ1) is 13.5. The lowest BCUT2D eigenvalue weighted by Crippen LogP contribution is -3.00. The van der Waals surface area contributed by atoms with Crippen molar-refractivity contribution >= 4 is 22.6 Å². The lowest BCUT2D eigenvalue weighted by Gasteiger charge is -2.26. The molecule has 0 aliphatic carbocycles. The molecule has 0 aromatic heterocycles. The fraction of sp³-hybridized carbons (Fsp3) is 1.00. The van der Waals surface area contributed by atoms with E-state index in [0.717, 1.165) is 22.0 Å². The minimum Gasteiger partial charge on any atom is -1.00 e. The highest BCUT2D eigenvalue weighted by molar-refractivity contribution is 14.1. The average molecular weight is 280 g/mol. The van der Waals surface area contributed by atoms with Crippen LogP contribution < -0.4 is 12.4 Å². The van der Waals surface area contributed by atoms with Crippen LogP contribution in [0.25, 0.3) is 0 Å². The Labute approximate surface area is 82.7 Å². The SMILES string of the molecule is C[N+](C)(CI)CCCO.[Cl-]. The number of aliphatic hydroxyl groups excluding tert-OH is 1. The number of halogens is 2. The van der Waals surface area contributed by atoms with E-state index in [2.05, 4.69) is 36.7 Å². The summed E-state index contributed by atoms with van der Waals surface area (Å²) in [4.78, 5) is 0. The molecule has 0 aromatic carbocycles. The van der Waals surface area contributed by atoms with Gasteiger partial charge in [0.2, 0.25) is 0 Å². The molecular weight excluding hydrogens is 264 g/mol. The number of hydrogen-bond acceptors (Lipinski definition) is 1. The molecule has 0 saturated heterocycles. The summed E-state index contributed by atoms with van der Waals surface area (Å²) in [6.07, 6.45) is 0.913. The van der Waals surface area contributed by atoms with E-state index in [9.17, 15) is 0 Å². The second kappa shape index (κ2) is 6.64. The smallest absolute Gasteiger partial charge is 0.129 e. The maximum atomic E-state index is 8.51. The lowest BCUT2D eigenvalue weighted by molar-refractivity contribution is -0.874. The Bertz CT molecular complexity index is 80.1. The van der Waals surface area contributed by atoms with Gasteiger partial charge in [-0.25, -0.2) is 0 Å². The van der Waals surface area contributed by atoms with Gasteiger partial charge < -0.3 is 22.0 Å². The summed E-state index contributed by atoms with van der Waals surface area (Å²) < 4.78 is 2.11. The first-order valence-electron chi connectivity index (χ1n) is 3.11. The van der Waals surface area contributed by atoms with Gasteiger partial charge in [-0.1, -0.05) is 0 Å². The van der Waals surface area contributed by atoms with Crippen LogP contribution in [0.4, 0.5) is 0 Å². The number of nitrogens with zero attached hydrogens (tertiary/aromatic N) is 1. The molecule has 4 heteroatoms. The molecule has 1 N–H and O–H groups in total. The molecule has 0 saturated carbocycles. The van der Waals surface area contributed by atoms with E-state index in [0.29, 0.717) is 6.61 Å². The van der Waals surface area contributed by atoms with E-state index in [1.165, 1.54) is 0 Å². The van der Waals surface area contributed by atoms with Crippen molar-refractivity contribution in [2.24, 2.45) is 0 Å². The van der Waals surface area contributed by atoms with Crippen LogP contribution in [-0.4, -0.2) is 41.4 Å². The van der Waals surface area contributed by atoms with Gasteiger partial charge in [0.1, 0.15) is 4.55 Å². The third-order valence-corrected chi connectivity index (χ3v) is 3.09. The zero-order valence-corrected chi connectivity index (χ0v) is 9.39. The minimum atomic E-state index is 0. The Morgan fingerprint density at radius 1 is 1.40 bits per heavy atom. The lowest BCUT2D eigenvalue weighted by atomic mass is 10.4. The highest BCUT2D eigenvalue weighted by Gasteiger charge is 2.10. The van der Waals surface area contributed by atoms with Crippen molar-refractivity contribution < 1.29 is 22.0 Å². The molecule has 0 radical (unpaired) electrons. The number of quaternary nitrogens is 1.